The first kappa shape index (κ1) is 17.1. The summed E-state index contributed by atoms with van der Waals surface area (Å²) in [7, 11) is -2.46. The number of aryl methyl sites for hydroxylation is 2. The van der Waals surface area contributed by atoms with Crippen LogP contribution in [0.15, 0.2) is 27.8 Å². The Morgan fingerprint density at radius 3 is 2.52 bits per heavy atom. The molecule has 9 heteroatoms. The molecule has 0 bridgehead atoms. The number of furan rings is 1. The van der Waals surface area contributed by atoms with Crippen molar-refractivity contribution < 1.29 is 22.4 Å². The van der Waals surface area contributed by atoms with E-state index >= 15 is 0 Å². The fourth-order valence-corrected chi connectivity index (χ4v) is 2.86. The van der Waals surface area contributed by atoms with Crippen molar-refractivity contribution in [3.63, 3.8) is 0 Å². The molecule has 126 valence electrons. The Morgan fingerprint density at radius 1 is 1.35 bits per heavy atom. The van der Waals surface area contributed by atoms with Crippen molar-refractivity contribution in [2.45, 2.75) is 38.4 Å². The lowest BCUT2D eigenvalue weighted by Gasteiger charge is -2.19. The van der Waals surface area contributed by atoms with Crippen LogP contribution in [0.1, 0.15) is 36.9 Å². The molecule has 8 nitrogen and oxygen atoms in total. The van der Waals surface area contributed by atoms with Crippen LogP contribution in [0.4, 0.5) is 5.82 Å². The van der Waals surface area contributed by atoms with Gasteiger partial charge in [-0.15, -0.1) is 0 Å². The van der Waals surface area contributed by atoms with Gasteiger partial charge in [-0.3, -0.25) is 9.40 Å². The number of nitrogens with one attached hydrogen (secondary N) is 1. The fraction of sp³-hybridized carbons (Fsp3) is 0.429. The Bertz CT molecular complexity index is 827. The highest BCUT2D eigenvalue weighted by Gasteiger charge is 2.27. The van der Waals surface area contributed by atoms with E-state index in [1.807, 2.05) is 0 Å². The Kier molecular flexibility index (Phi) is 4.25. The molecule has 2 aromatic rings. The number of aromatic nitrogens is 2. The molecular weight excluding hydrogens is 322 g/mol. The second-order valence-electron chi connectivity index (χ2n) is 6.00. The van der Waals surface area contributed by atoms with Gasteiger partial charge in [0.25, 0.3) is 10.0 Å². The maximum Gasteiger partial charge on any atom is 0.344 e. The van der Waals surface area contributed by atoms with E-state index in [0.717, 1.165) is 0 Å². The van der Waals surface area contributed by atoms with Crippen LogP contribution in [0.25, 0.3) is 0 Å². The van der Waals surface area contributed by atoms with Crippen LogP contribution in [0.3, 0.4) is 0 Å². The number of carbonyl (C=O) groups excluding carboxylic acids is 1. The normalized spacial score (nSPS) is 12.2. The van der Waals surface area contributed by atoms with Gasteiger partial charge in [0.2, 0.25) is 5.09 Å². The van der Waals surface area contributed by atoms with Crippen molar-refractivity contribution in [1.29, 1.82) is 0 Å². The van der Waals surface area contributed by atoms with Crippen molar-refractivity contribution in [2.24, 2.45) is 7.05 Å². The highest BCUT2D eigenvalue weighted by molar-refractivity contribution is 7.92. The van der Waals surface area contributed by atoms with Gasteiger partial charge >= 0.3 is 5.97 Å². The van der Waals surface area contributed by atoms with Gasteiger partial charge in [0, 0.05) is 7.05 Å². The predicted octanol–water partition coefficient (Wildman–Crippen LogP) is 2.08. The maximum absolute atomic E-state index is 12.3. The zero-order valence-corrected chi connectivity index (χ0v) is 14.4. The number of ether oxygens (including phenoxy) is 1. The van der Waals surface area contributed by atoms with Gasteiger partial charge in [-0.1, -0.05) is 0 Å². The molecule has 0 amide bonds. The minimum Gasteiger partial charge on any atom is -0.456 e. The van der Waals surface area contributed by atoms with E-state index in [-0.39, 0.29) is 16.5 Å². The summed E-state index contributed by atoms with van der Waals surface area (Å²) in [5, 5.41) is 3.66. The molecule has 0 unspecified atom stereocenters. The second kappa shape index (κ2) is 5.73. The van der Waals surface area contributed by atoms with Gasteiger partial charge < -0.3 is 9.15 Å². The number of anilines is 1. The Balaban J connectivity index is 2.34. The van der Waals surface area contributed by atoms with Gasteiger partial charge in [-0.25, -0.2) is 4.79 Å². The molecule has 2 heterocycles. The molecule has 0 aromatic carbocycles. The third-order valence-electron chi connectivity index (χ3n) is 2.77. The number of esters is 1. The molecule has 2 rings (SSSR count). The zero-order chi connectivity index (χ0) is 17.4. The van der Waals surface area contributed by atoms with Crippen LogP contribution in [-0.4, -0.2) is 29.8 Å². The van der Waals surface area contributed by atoms with E-state index in [9.17, 15) is 13.2 Å². The monoisotopic (exact) mass is 341 g/mol. The van der Waals surface area contributed by atoms with E-state index in [1.165, 1.54) is 30.1 Å². The molecule has 0 aliphatic carbocycles. The summed E-state index contributed by atoms with van der Waals surface area (Å²) in [4.78, 5) is 12.2. The zero-order valence-electron chi connectivity index (χ0n) is 13.6. The summed E-state index contributed by atoms with van der Waals surface area (Å²) >= 11 is 0. The minimum absolute atomic E-state index is 0.00769. The lowest BCUT2D eigenvalue weighted by atomic mass is 10.2. The van der Waals surface area contributed by atoms with Crippen LogP contribution >= 0.6 is 0 Å². The number of carbonyl (C=O) groups is 1. The lowest BCUT2D eigenvalue weighted by molar-refractivity contribution is 0.00707. The third kappa shape index (κ3) is 3.92. The summed E-state index contributed by atoms with van der Waals surface area (Å²) in [6.45, 7) is 6.79. The minimum atomic E-state index is -3.97. The van der Waals surface area contributed by atoms with Crippen LogP contribution in [0, 0.1) is 6.92 Å². The van der Waals surface area contributed by atoms with Crippen molar-refractivity contribution in [3.05, 3.63) is 29.7 Å². The molecule has 0 fully saturated rings. The molecule has 0 atom stereocenters. The molecule has 23 heavy (non-hydrogen) atoms. The average Bonchev–Trinajstić information content (AvgIpc) is 2.95. The van der Waals surface area contributed by atoms with E-state index in [0.29, 0.717) is 5.76 Å². The molecule has 0 aliphatic heterocycles. The molecule has 0 saturated carbocycles. The number of sulfonamides is 1. The largest absolute Gasteiger partial charge is 0.456 e. The smallest absolute Gasteiger partial charge is 0.344 e. The molecule has 0 spiro atoms. The molecule has 0 saturated heterocycles. The van der Waals surface area contributed by atoms with Gasteiger partial charge in [-0.05, 0) is 39.8 Å². The van der Waals surface area contributed by atoms with Crippen LogP contribution in [0.2, 0.25) is 0 Å². The second-order valence-corrected chi connectivity index (χ2v) is 7.62. The molecule has 0 aliphatic rings. The van der Waals surface area contributed by atoms with E-state index in [4.69, 9.17) is 9.15 Å². The SMILES string of the molecule is Cc1ccc(S(=O)(=O)Nc2c(C(=O)OC(C)(C)C)cnn2C)o1. The summed E-state index contributed by atoms with van der Waals surface area (Å²) < 4.78 is 38.6. The summed E-state index contributed by atoms with van der Waals surface area (Å²) in [5.74, 6) is -0.199. The molecule has 2 aromatic heterocycles. The predicted molar refractivity (Wildman–Crippen MR) is 82.6 cm³/mol. The van der Waals surface area contributed by atoms with Gasteiger partial charge in [0.1, 0.15) is 16.9 Å². The summed E-state index contributed by atoms with van der Waals surface area (Å²) in [6, 6.07) is 2.87. The van der Waals surface area contributed by atoms with Gasteiger partial charge in [0.15, 0.2) is 5.82 Å². The van der Waals surface area contributed by atoms with Crippen LogP contribution in [-0.2, 0) is 21.8 Å². The molecule has 0 radical (unpaired) electrons. The van der Waals surface area contributed by atoms with E-state index in [1.54, 1.807) is 27.7 Å². The van der Waals surface area contributed by atoms with Crippen molar-refractivity contribution in [3.8, 4) is 0 Å². The fourth-order valence-electron chi connectivity index (χ4n) is 1.78. The van der Waals surface area contributed by atoms with Crippen LogP contribution < -0.4 is 4.72 Å². The third-order valence-corrected chi connectivity index (χ3v) is 3.98. The Morgan fingerprint density at radius 2 is 2.00 bits per heavy atom. The van der Waals surface area contributed by atoms with Crippen molar-refractivity contribution >= 4 is 21.8 Å². The standard InChI is InChI=1S/C14H19N3O5S/c1-9-6-7-11(21-9)23(19,20)16-12-10(8-15-17(12)5)13(18)22-14(2,3)4/h6-8,16H,1-5H3. The average molecular weight is 341 g/mol. The van der Waals surface area contributed by atoms with Crippen LogP contribution in [0.5, 0.6) is 0 Å². The quantitative estimate of drug-likeness (QED) is 0.854. The van der Waals surface area contributed by atoms with E-state index in [2.05, 4.69) is 9.82 Å². The summed E-state index contributed by atoms with van der Waals surface area (Å²) in [5.41, 5.74) is -0.685. The first-order valence-electron chi connectivity index (χ1n) is 6.84. The first-order valence-corrected chi connectivity index (χ1v) is 8.32. The highest BCUT2D eigenvalue weighted by atomic mass is 32.2. The number of hydrogen-bond donors (Lipinski definition) is 1. The first-order chi connectivity index (χ1) is 10.5. The Labute approximate surface area is 134 Å². The number of hydrogen-bond acceptors (Lipinski definition) is 6. The number of nitrogens with zero attached hydrogens (tertiary/aromatic N) is 2. The maximum atomic E-state index is 12.3. The van der Waals surface area contributed by atoms with Gasteiger partial charge in [0.05, 0.1) is 6.20 Å². The van der Waals surface area contributed by atoms with Crippen molar-refractivity contribution in [2.75, 3.05) is 4.72 Å². The molecule has 1 N–H and O–H groups in total. The van der Waals surface area contributed by atoms with E-state index < -0.39 is 21.6 Å². The lowest BCUT2D eigenvalue weighted by Crippen LogP contribution is -2.25. The highest BCUT2D eigenvalue weighted by Crippen LogP contribution is 2.23. The topological polar surface area (TPSA) is 103 Å². The Hall–Kier alpha value is -2.29. The van der Waals surface area contributed by atoms with Crippen molar-refractivity contribution in [1.82, 2.24) is 9.78 Å². The number of rotatable bonds is 4. The summed E-state index contributed by atoms with van der Waals surface area (Å²) in [6.07, 6.45) is 1.25. The molecular formula is C14H19N3O5S. The van der Waals surface area contributed by atoms with Gasteiger partial charge in [-0.2, -0.15) is 13.5 Å².